The lowest BCUT2D eigenvalue weighted by atomic mass is 10.2. The van der Waals surface area contributed by atoms with E-state index in [0.717, 1.165) is 5.39 Å². The highest BCUT2D eigenvalue weighted by atomic mass is 35.5. The summed E-state index contributed by atoms with van der Waals surface area (Å²) in [5, 5.41) is 1.41. The Hall–Kier alpha value is -2.73. The number of halogens is 2. The zero-order valence-corrected chi connectivity index (χ0v) is 14.8. The van der Waals surface area contributed by atoms with Crippen LogP contribution in [0.3, 0.4) is 0 Å². The maximum absolute atomic E-state index is 14.1. The maximum Gasteiger partial charge on any atom is 0.249 e. The monoisotopic (exact) mass is 370 g/mol. The zero-order valence-electron chi connectivity index (χ0n) is 14.1. The largest absolute Gasteiger partial charge is 0.347 e. The number of hydrogen-bond acceptors (Lipinski definition) is 4. The Bertz CT molecular complexity index is 996. The molecule has 1 aromatic heterocycles. The van der Waals surface area contributed by atoms with Crippen molar-refractivity contribution in [2.45, 2.75) is 12.5 Å². The Balaban J connectivity index is 1.67. The first kappa shape index (κ1) is 16.7. The van der Waals surface area contributed by atoms with Gasteiger partial charge >= 0.3 is 0 Å². The van der Waals surface area contributed by atoms with Crippen LogP contribution < -0.4 is 9.80 Å². The lowest BCUT2D eigenvalue weighted by molar-refractivity contribution is -0.118. The quantitative estimate of drug-likeness (QED) is 0.706. The van der Waals surface area contributed by atoms with Crippen molar-refractivity contribution in [3.8, 4) is 0 Å². The smallest absolute Gasteiger partial charge is 0.249 e. The van der Waals surface area contributed by atoms with Gasteiger partial charge in [0.25, 0.3) is 0 Å². The van der Waals surface area contributed by atoms with Gasteiger partial charge in [0.15, 0.2) is 0 Å². The molecule has 1 aliphatic rings. The average molecular weight is 371 g/mol. The summed E-state index contributed by atoms with van der Waals surface area (Å²) < 4.78 is 14.1. The minimum absolute atomic E-state index is 0.140. The van der Waals surface area contributed by atoms with Crippen molar-refractivity contribution in [3.05, 3.63) is 59.6 Å². The summed E-state index contributed by atoms with van der Waals surface area (Å²) in [7, 11) is 1.82. The fourth-order valence-corrected chi connectivity index (χ4v) is 3.55. The van der Waals surface area contributed by atoms with Gasteiger partial charge in [-0.05, 0) is 36.8 Å². The van der Waals surface area contributed by atoms with Crippen molar-refractivity contribution < 1.29 is 9.18 Å². The van der Waals surface area contributed by atoms with E-state index in [1.54, 1.807) is 30.3 Å². The number of nitrogens with zero attached hydrogens (tertiary/aromatic N) is 4. The van der Waals surface area contributed by atoms with E-state index >= 15 is 0 Å². The average Bonchev–Trinajstić information content (AvgIpc) is 3.02. The second-order valence-corrected chi connectivity index (χ2v) is 6.65. The number of carbonyl (C=O) groups is 1. The van der Waals surface area contributed by atoms with Gasteiger partial charge in [-0.15, -0.1) is 0 Å². The van der Waals surface area contributed by atoms with Gasteiger partial charge in [0.2, 0.25) is 5.91 Å². The second kappa shape index (κ2) is 6.53. The highest BCUT2D eigenvalue weighted by molar-refractivity contribution is 6.31. The molecule has 0 radical (unpaired) electrons. The maximum atomic E-state index is 14.1. The molecular weight excluding hydrogens is 355 g/mol. The number of para-hydroxylation sites is 1. The van der Waals surface area contributed by atoms with Gasteiger partial charge < -0.3 is 9.80 Å². The molecule has 3 aromatic rings. The summed E-state index contributed by atoms with van der Waals surface area (Å²) in [5.41, 5.74) is 1.03. The Kier molecular flexibility index (Phi) is 4.20. The fraction of sp³-hybridized carbons (Fsp3) is 0.211. The van der Waals surface area contributed by atoms with Crippen LogP contribution in [0.5, 0.6) is 0 Å². The fourth-order valence-electron chi connectivity index (χ4n) is 3.38. The minimum Gasteiger partial charge on any atom is -0.347 e. The number of rotatable bonds is 3. The van der Waals surface area contributed by atoms with Crippen LogP contribution >= 0.6 is 11.6 Å². The summed E-state index contributed by atoms with van der Waals surface area (Å²) in [5.74, 6) is 0.116. The first-order chi connectivity index (χ1) is 12.6. The van der Waals surface area contributed by atoms with Gasteiger partial charge in [-0.2, -0.15) is 0 Å². The van der Waals surface area contributed by atoms with E-state index in [-0.39, 0.29) is 5.91 Å². The minimum atomic E-state index is -0.414. The molecule has 1 fully saturated rings. The second-order valence-electron chi connectivity index (χ2n) is 6.22. The van der Waals surface area contributed by atoms with Crippen LogP contribution in [0.1, 0.15) is 6.42 Å². The Labute approximate surface area is 155 Å². The number of amides is 1. The number of hydrogen-bond donors (Lipinski definition) is 0. The number of carbonyl (C=O) groups excluding carboxylic acids is 1. The summed E-state index contributed by atoms with van der Waals surface area (Å²) >= 11 is 6.03. The predicted octanol–water partition coefficient (Wildman–Crippen LogP) is 3.66. The van der Waals surface area contributed by atoms with E-state index < -0.39 is 11.9 Å². The van der Waals surface area contributed by atoms with Gasteiger partial charge in [-0.25, -0.2) is 14.4 Å². The van der Waals surface area contributed by atoms with Crippen LogP contribution in [0.4, 0.5) is 15.9 Å². The van der Waals surface area contributed by atoms with Gasteiger partial charge in [0.1, 0.15) is 24.0 Å². The first-order valence-corrected chi connectivity index (χ1v) is 8.63. The number of anilines is 2. The van der Waals surface area contributed by atoms with Gasteiger partial charge in [0, 0.05) is 24.0 Å². The molecule has 0 N–H and O–H groups in total. The summed E-state index contributed by atoms with van der Waals surface area (Å²) in [6.07, 6.45) is 2.04. The highest BCUT2D eigenvalue weighted by Crippen LogP contribution is 2.31. The zero-order chi connectivity index (χ0) is 18.3. The molecule has 26 heavy (non-hydrogen) atoms. The highest BCUT2D eigenvalue weighted by Gasteiger charge is 2.37. The Morgan fingerprint density at radius 2 is 2.04 bits per heavy atom. The van der Waals surface area contributed by atoms with E-state index in [1.165, 1.54) is 17.3 Å². The van der Waals surface area contributed by atoms with Crippen LogP contribution in [0.15, 0.2) is 48.8 Å². The molecule has 1 aliphatic heterocycles. The molecule has 1 amide bonds. The molecule has 1 atom stereocenters. The van der Waals surface area contributed by atoms with Crippen LogP contribution in [0.2, 0.25) is 5.02 Å². The molecule has 132 valence electrons. The van der Waals surface area contributed by atoms with Crippen LogP contribution in [0, 0.1) is 5.82 Å². The molecule has 5 nitrogen and oxygen atoms in total. The van der Waals surface area contributed by atoms with Crippen molar-refractivity contribution in [3.63, 3.8) is 0 Å². The van der Waals surface area contributed by atoms with Crippen LogP contribution in [0.25, 0.3) is 10.9 Å². The molecule has 0 aliphatic carbocycles. The molecule has 2 heterocycles. The van der Waals surface area contributed by atoms with Crippen LogP contribution in [-0.2, 0) is 4.79 Å². The van der Waals surface area contributed by atoms with E-state index in [2.05, 4.69) is 9.97 Å². The van der Waals surface area contributed by atoms with Gasteiger partial charge in [-0.1, -0.05) is 23.7 Å². The molecule has 4 rings (SSSR count). The SMILES string of the molecule is CN(c1ncnc2cc(Cl)ccc12)C1CCN(c2ccccc2F)C1=O. The standard InChI is InChI=1S/C19H16ClFN4O/c1-24(18-13-7-6-12(20)10-15(13)22-11-23-18)17-8-9-25(19(17)26)16-5-3-2-4-14(16)21/h2-7,10-11,17H,8-9H2,1H3. The summed E-state index contributed by atoms with van der Waals surface area (Å²) in [4.78, 5) is 24.8. The van der Waals surface area contributed by atoms with Gasteiger partial charge in [-0.3, -0.25) is 4.79 Å². The van der Waals surface area contributed by atoms with E-state index in [0.29, 0.717) is 35.0 Å². The molecule has 0 spiro atoms. The summed E-state index contributed by atoms with van der Waals surface area (Å²) in [6, 6.07) is 11.3. The van der Waals surface area contributed by atoms with Crippen molar-refractivity contribution in [1.29, 1.82) is 0 Å². The number of benzene rings is 2. The molecule has 7 heteroatoms. The normalized spacial score (nSPS) is 17.1. The lowest BCUT2D eigenvalue weighted by Crippen LogP contribution is -2.40. The van der Waals surface area contributed by atoms with E-state index in [4.69, 9.17) is 11.6 Å². The first-order valence-electron chi connectivity index (χ1n) is 8.25. The topological polar surface area (TPSA) is 49.3 Å². The van der Waals surface area contributed by atoms with E-state index in [1.807, 2.05) is 18.0 Å². The third-order valence-electron chi connectivity index (χ3n) is 4.70. The third-order valence-corrected chi connectivity index (χ3v) is 4.93. The predicted molar refractivity (Wildman–Crippen MR) is 100 cm³/mol. The van der Waals surface area contributed by atoms with E-state index in [9.17, 15) is 9.18 Å². The lowest BCUT2D eigenvalue weighted by Gasteiger charge is -2.26. The Morgan fingerprint density at radius 1 is 1.23 bits per heavy atom. The molecule has 1 saturated heterocycles. The molecule has 0 saturated carbocycles. The van der Waals surface area contributed by atoms with Crippen molar-refractivity contribution in [2.24, 2.45) is 0 Å². The Morgan fingerprint density at radius 3 is 2.85 bits per heavy atom. The number of fused-ring (bicyclic) bond motifs is 1. The van der Waals surface area contributed by atoms with Crippen molar-refractivity contribution in [1.82, 2.24) is 9.97 Å². The van der Waals surface area contributed by atoms with Crippen LogP contribution in [-0.4, -0.2) is 35.5 Å². The number of aromatic nitrogens is 2. The number of likely N-dealkylation sites (N-methyl/N-ethyl adjacent to an activating group) is 1. The molecule has 1 unspecified atom stereocenters. The van der Waals surface area contributed by atoms with Gasteiger partial charge in [0.05, 0.1) is 11.2 Å². The van der Waals surface area contributed by atoms with Crippen molar-refractivity contribution in [2.75, 3.05) is 23.4 Å². The molecule has 0 bridgehead atoms. The third kappa shape index (κ3) is 2.76. The summed E-state index contributed by atoms with van der Waals surface area (Å²) in [6.45, 7) is 0.462. The molecule has 2 aromatic carbocycles. The molecular formula is C19H16ClFN4O. The van der Waals surface area contributed by atoms with Crippen molar-refractivity contribution >= 4 is 39.9 Å².